The van der Waals surface area contributed by atoms with Crippen molar-refractivity contribution in [1.82, 2.24) is 4.90 Å². The molecule has 0 saturated carbocycles. The molecule has 0 aliphatic carbocycles. The number of rotatable bonds is 4. The zero-order chi connectivity index (χ0) is 11.0. The van der Waals surface area contributed by atoms with Gasteiger partial charge in [0, 0.05) is 19.7 Å². The van der Waals surface area contributed by atoms with Crippen molar-refractivity contribution in [1.29, 1.82) is 0 Å². The molecule has 4 nitrogen and oxygen atoms in total. The molecule has 0 aromatic rings. The molecule has 0 aromatic carbocycles. The Balaban J connectivity index is 2.84. The third-order valence-corrected chi connectivity index (χ3v) is 3.58. The lowest BCUT2D eigenvalue weighted by atomic mass is 9.59. The van der Waals surface area contributed by atoms with E-state index in [-0.39, 0.29) is 17.9 Å². The van der Waals surface area contributed by atoms with E-state index in [1.807, 2.05) is 20.9 Å². The van der Waals surface area contributed by atoms with E-state index in [4.69, 9.17) is 10.8 Å². The topological polar surface area (TPSA) is 66.6 Å². The Hall–Kier alpha value is -0.610. The maximum atomic E-state index is 11.5. The summed E-state index contributed by atoms with van der Waals surface area (Å²) in [7, 11) is 1.97. The summed E-state index contributed by atoms with van der Waals surface area (Å²) in [6, 6.07) is 0. The number of likely N-dealkylation sites (tertiary alicyclic amines) is 1. The molecule has 0 aromatic heterocycles. The third kappa shape index (κ3) is 1.53. The summed E-state index contributed by atoms with van der Waals surface area (Å²) in [5.41, 5.74) is 4.79. The number of carbonyl (C=O) groups is 1. The van der Waals surface area contributed by atoms with Crippen LogP contribution in [0.3, 0.4) is 0 Å². The number of hydrogen-bond acceptors (Lipinski definition) is 3. The molecule has 1 heterocycles. The van der Waals surface area contributed by atoms with Crippen molar-refractivity contribution >= 4 is 5.91 Å². The maximum absolute atomic E-state index is 11.5. The number of aliphatic hydroxyl groups excluding tert-OH is 1. The van der Waals surface area contributed by atoms with Gasteiger partial charge in [0.05, 0.1) is 5.41 Å². The van der Waals surface area contributed by atoms with Crippen LogP contribution in [-0.2, 0) is 4.79 Å². The Morgan fingerprint density at radius 1 is 1.57 bits per heavy atom. The van der Waals surface area contributed by atoms with Gasteiger partial charge in [0.15, 0.2) is 0 Å². The molecule has 0 unspecified atom stereocenters. The Morgan fingerprint density at radius 2 is 2.07 bits per heavy atom. The van der Waals surface area contributed by atoms with Crippen molar-refractivity contribution in [2.24, 2.45) is 16.6 Å². The molecule has 3 N–H and O–H groups in total. The number of nitrogens with two attached hydrogens (primary N) is 1. The number of hydrogen-bond donors (Lipinski definition) is 2. The second kappa shape index (κ2) is 3.51. The molecule has 4 heteroatoms. The van der Waals surface area contributed by atoms with Crippen LogP contribution in [0.15, 0.2) is 0 Å². The van der Waals surface area contributed by atoms with Crippen LogP contribution < -0.4 is 5.73 Å². The van der Waals surface area contributed by atoms with Crippen LogP contribution >= 0.6 is 0 Å². The van der Waals surface area contributed by atoms with E-state index in [0.29, 0.717) is 19.5 Å². The zero-order valence-electron chi connectivity index (χ0n) is 9.21. The monoisotopic (exact) mass is 200 g/mol. The Labute approximate surface area is 85.1 Å². The van der Waals surface area contributed by atoms with E-state index in [1.54, 1.807) is 0 Å². The Bertz CT molecular complexity index is 232. The first-order valence-corrected chi connectivity index (χ1v) is 4.95. The molecule has 0 radical (unpaired) electrons. The van der Waals surface area contributed by atoms with E-state index < -0.39 is 5.41 Å². The molecule has 0 atom stereocenters. The van der Waals surface area contributed by atoms with E-state index in [9.17, 15) is 4.79 Å². The second-order valence-corrected chi connectivity index (χ2v) is 4.98. The minimum absolute atomic E-state index is 0.103. The summed E-state index contributed by atoms with van der Waals surface area (Å²) in [6.45, 7) is 5.51. The summed E-state index contributed by atoms with van der Waals surface area (Å²) in [6.07, 6.45) is 0.615. The lowest BCUT2D eigenvalue weighted by molar-refractivity contribution is -0.153. The number of primary amides is 1. The van der Waals surface area contributed by atoms with Crippen molar-refractivity contribution < 1.29 is 9.90 Å². The van der Waals surface area contributed by atoms with E-state index >= 15 is 0 Å². The molecule has 1 fully saturated rings. The molecular formula is C10H20N2O2. The van der Waals surface area contributed by atoms with Gasteiger partial charge in [-0.05, 0) is 18.9 Å². The molecule has 0 spiro atoms. The van der Waals surface area contributed by atoms with Crippen molar-refractivity contribution in [3.63, 3.8) is 0 Å². The van der Waals surface area contributed by atoms with Crippen LogP contribution in [0.1, 0.15) is 20.3 Å². The summed E-state index contributed by atoms with van der Waals surface area (Å²) >= 11 is 0. The van der Waals surface area contributed by atoms with Gasteiger partial charge in [-0.1, -0.05) is 13.8 Å². The fourth-order valence-electron chi connectivity index (χ4n) is 2.31. The van der Waals surface area contributed by atoms with Crippen molar-refractivity contribution in [2.75, 3.05) is 26.7 Å². The fourth-order valence-corrected chi connectivity index (χ4v) is 2.31. The molecule has 1 aliphatic heterocycles. The summed E-state index contributed by atoms with van der Waals surface area (Å²) in [4.78, 5) is 13.6. The van der Waals surface area contributed by atoms with Crippen LogP contribution in [0, 0.1) is 10.8 Å². The fraction of sp³-hybridized carbons (Fsp3) is 0.900. The number of aliphatic hydroxyl groups is 1. The van der Waals surface area contributed by atoms with Gasteiger partial charge >= 0.3 is 0 Å². The highest BCUT2D eigenvalue weighted by Crippen LogP contribution is 2.47. The molecule has 82 valence electrons. The van der Waals surface area contributed by atoms with Crippen LogP contribution in [0.25, 0.3) is 0 Å². The van der Waals surface area contributed by atoms with Gasteiger partial charge in [0.25, 0.3) is 0 Å². The lowest BCUT2D eigenvalue weighted by Crippen LogP contribution is -2.67. The van der Waals surface area contributed by atoms with Crippen LogP contribution in [-0.4, -0.2) is 42.7 Å². The smallest absolute Gasteiger partial charge is 0.226 e. The predicted octanol–water partition coefficient (Wildman–Crippen LogP) is -0.188. The minimum Gasteiger partial charge on any atom is -0.396 e. The summed E-state index contributed by atoms with van der Waals surface area (Å²) in [5, 5.41) is 8.97. The molecule has 1 amide bonds. The van der Waals surface area contributed by atoms with Crippen molar-refractivity contribution in [2.45, 2.75) is 20.3 Å². The quantitative estimate of drug-likeness (QED) is 0.661. The zero-order valence-corrected chi connectivity index (χ0v) is 9.21. The van der Waals surface area contributed by atoms with Gasteiger partial charge < -0.3 is 15.7 Å². The molecule has 1 rings (SSSR count). The van der Waals surface area contributed by atoms with Crippen LogP contribution in [0.5, 0.6) is 0 Å². The lowest BCUT2D eigenvalue weighted by Gasteiger charge is -2.55. The number of amides is 1. The highest BCUT2D eigenvalue weighted by atomic mass is 16.3. The standard InChI is InChI=1S/C10H20N2O2/c1-9(2,4-5-13)10(8(11)14)6-12(3)7-10/h13H,4-7H2,1-3H3,(H2,11,14). The van der Waals surface area contributed by atoms with E-state index in [1.165, 1.54) is 0 Å². The molecule has 0 bridgehead atoms. The Morgan fingerprint density at radius 3 is 2.36 bits per heavy atom. The van der Waals surface area contributed by atoms with Gasteiger partial charge in [-0.3, -0.25) is 4.79 Å². The minimum atomic E-state index is -0.454. The van der Waals surface area contributed by atoms with Crippen LogP contribution in [0.4, 0.5) is 0 Å². The summed E-state index contributed by atoms with van der Waals surface area (Å²) < 4.78 is 0. The van der Waals surface area contributed by atoms with Crippen LogP contribution in [0.2, 0.25) is 0 Å². The van der Waals surface area contributed by atoms with Gasteiger partial charge in [0.2, 0.25) is 5.91 Å². The predicted molar refractivity (Wildman–Crippen MR) is 54.6 cm³/mol. The molecular weight excluding hydrogens is 180 g/mol. The number of carbonyl (C=O) groups excluding carboxylic acids is 1. The molecule has 1 aliphatic rings. The maximum Gasteiger partial charge on any atom is 0.226 e. The first-order chi connectivity index (χ1) is 6.35. The average Bonchev–Trinajstić information content (AvgIpc) is 1.96. The first kappa shape index (κ1) is 11.5. The highest BCUT2D eigenvalue weighted by molar-refractivity contribution is 5.83. The highest BCUT2D eigenvalue weighted by Gasteiger charge is 2.56. The molecule has 14 heavy (non-hydrogen) atoms. The van der Waals surface area contributed by atoms with E-state index in [2.05, 4.69) is 4.90 Å². The largest absolute Gasteiger partial charge is 0.396 e. The summed E-state index contributed by atoms with van der Waals surface area (Å²) in [5.74, 6) is -0.242. The van der Waals surface area contributed by atoms with E-state index in [0.717, 1.165) is 0 Å². The number of nitrogens with zero attached hydrogens (tertiary/aromatic N) is 1. The van der Waals surface area contributed by atoms with Gasteiger partial charge in [0.1, 0.15) is 0 Å². The SMILES string of the molecule is CN1CC(C(N)=O)(C(C)(C)CCO)C1. The first-order valence-electron chi connectivity index (χ1n) is 4.95. The second-order valence-electron chi connectivity index (χ2n) is 4.98. The van der Waals surface area contributed by atoms with Gasteiger partial charge in [-0.15, -0.1) is 0 Å². The molecule has 1 saturated heterocycles. The normalized spacial score (nSPS) is 21.7. The third-order valence-electron chi connectivity index (χ3n) is 3.58. The van der Waals surface area contributed by atoms with Gasteiger partial charge in [-0.2, -0.15) is 0 Å². The van der Waals surface area contributed by atoms with Gasteiger partial charge in [-0.25, -0.2) is 0 Å². The average molecular weight is 200 g/mol. The van der Waals surface area contributed by atoms with Crippen molar-refractivity contribution in [3.05, 3.63) is 0 Å². The Kier molecular flexibility index (Phi) is 2.88. The van der Waals surface area contributed by atoms with Crippen molar-refractivity contribution in [3.8, 4) is 0 Å².